The number of carbonyl (C=O) groups excluding carboxylic acids is 2. The lowest BCUT2D eigenvalue weighted by molar-refractivity contribution is -0.133. The Morgan fingerprint density at radius 1 is 0.921 bits per heavy atom. The lowest BCUT2D eigenvalue weighted by Crippen LogP contribution is -2.28. The lowest BCUT2D eigenvalue weighted by atomic mass is 9.97. The molecule has 0 saturated heterocycles. The zero-order valence-electron chi connectivity index (χ0n) is 21.3. The van der Waals surface area contributed by atoms with Crippen molar-refractivity contribution in [2.75, 3.05) is 14.2 Å². The van der Waals surface area contributed by atoms with E-state index in [1.807, 2.05) is 26.0 Å². The number of ketones is 1. The van der Waals surface area contributed by atoms with Crippen molar-refractivity contribution in [3.8, 4) is 23.0 Å². The molecule has 1 aliphatic rings. The molecule has 0 radical (unpaired) electrons. The molecule has 0 atom stereocenters. The second-order valence-corrected chi connectivity index (χ2v) is 9.92. The molecule has 0 unspecified atom stereocenters. The summed E-state index contributed by atoms with van der Waals surface area (Å²) < 4.78 is 22.5. The minimum Gasteiger partial charge on any atom is -0.496 e. The molecule has 6 nitrogen and oxygen atoms in total. The number of esters is 1. The average Bonchev–Trinajstić information content (AvgIpc) is 2.88. The van der Waals surface area contributed by atoms with Gasteiger partial charge in [0.15, 0.2) is 17.3 Å². The van der Waals surface area contributed by atoms with Crippen LogP contribution in [-0.2, 0) is 11.2 Å². The number of ether oxygens (including phenoxy) is 4. The Bertz CT molecular complexity index is 1460. The lowest BCUT2D eigenvalue weighted by Gasteiger charge is -2.29. The van der Waals surface area contributed by atoms with Gasteiger partial charge in [0.1, 0.15) is 17.1 Å². The minimum atomic E-state index is -0.565. The van der Waals surface area contributed by atoms with Gasteiger partial charge in [-0.1, -0.05) is 41.4 Å². The van der Waals surface area contributed by atoms with Crippen LogP contribution in [0.2, 0.25) is 10.0 Å². The number of carbonyl (C=O) groups is 2. The summed E-state index contributed by atoms with van der Waals surface area (Å²) in [5.74, 6) is 0.945. The third-order valence-electron chi connectivity index (χ3n) is 5.83. The van der Waals surface area contributed by atoms with Gasteiger partial charge < -0.3 is 18.9 Å². The second kappa shape index (κ2) is 11.3. The van der Waals surface area contributed by atoms with Gasteiger partial charge >= 0.3 is 5.97 Å². The smallest absolute Gasteiger partial charge is 0.315 e. The van der Waals surface area contributed by atoms with E-state index in [4.69, 9.17) is 42.1 Å². The van der Waals surface area contributed by atoms with Gasteiger partial charge in [0.25, 0.3) is 0 Å². The highest BCUT2D eigenvalue weighted by molar-refractivity contribution is 6.42. The molecule has 0 spiro atoms. The summed E-state index contributed by atoms with van der Waals surface area (Å²) in [5.41, 5.74) is 1.86. The molecule has 0 N–H and O–H groups in total. The first-order chi connectivity index (χ1) is 18.1. The number of fused-ring (bicyclic) bond motifs is 1. The van der Waals surface area contributed by atoms with Crippen molar-refractivity contribution >= 4 is 47.1 Å². The van der Waals surface area contributed by atoms with E-state index in [0.29, 0.717) is 49.5 Å². The molecule has 0 aromatic heterocycles. The molecule has 0 aliphatic carbocycles. The van der Waals surface area contributed by atoms with Crippen molar-refractivity contribution in [1.29, 1.82) is 0 Å². The van der Waals surface area contributed by atoms with Crippen molar-refractivity contribution in [3.05, 3.63) is 93.0 Å². The molecule has 3 aromatic carbocycles. The molecule has 0 fully saturated rings. The van der Waals surface area contributed by atoms with Crippen LogP contribution in [0.4, 0.5) is 0 Å². The number of allylic oxidation sites excluding steroid dienone is 1. The highest BCUT2D eigenvalue weighted by atomic mass is 35.5. The van der Waals surface area contributed by atoms with Crippen LogP contribution in [0.25, 0.3) is 12.2 Å². The topological polar surface area (TPSA) is 71.1 Å². The van der Waals surface area contributed by atoms with Gasteiger partial charge in [-0.15, -0.1) is 0 Å². The van der Waals surface area contributed by atoms with Crippen LogP contribution in [0, 0.1) is 0 Å². The minimum absolute atomic E-state index is 0.00797. The van der Waals surface area contributed by atoms with Gasteiger partial charge in [-0.3, -0.25) is 9.59 Å². The third-order valence-corrected chi connectivity index (χ3v) is 6.57. The molecule has 3 aromatic rings. The summed E-state index contributed by atoms with van der Waals surface area (Å²) >= 11 is 12.0. The molecule has 38 heavy (non-hydrogen) atoms. The fourth-order valence-corrected chi connectivity index (χ4v) is 4.24. The summed E-state index contributed by atoms with van der Waals surface area (Å²) in [6.45, 7) is 3.83. The summed E-state index contributed by atoms with van der Waals surface area (Å²) in [4.78, 5) is 25.8. The number of hydrogen-bond acceptors (Lipinski definition) is 6. The Labute approximate surface area is 231 Å². The van der Waals surface area contributed by atoms with E-state index >= 15 is 0 Å². The SMILES string of the molecule is COc1ccc(/C=C/C(=O)c2ccc(OC)c3c2OC(C)(C)C=C3)cc1OC(=O)Cc1ccc(Cl)c(Cl)c1. The van der Waals surface area contributed by atoms with Crippen molar-refractivity contribution < 1.29 is 28.5 Å². The maximum atomic E-state index is 13.2. The Hall–Kier alpha value is -3.74. The maximum absolute atomic E-state index is 13.2. The van der Waals surface area contributed by atoms with Crippen LogP contribution in [-0.4, -0.2) is 31.6 Å². The Morgan fingerprint density at radius 2 is 1.66 bits per heavy atom. The third kappa shape index (κ3) is 6.21. The summed E-state index contributed by atoms with van der Waals surface area (Å²) in [6.07, 6.45) is 6.90. The predicted octanol–water partition coefficient (Wildman–Crippen LogP) is 7.24. The van der Waals surface area contributed by atoms with Crippen LogP contribution in [0.15, 0.2) is 60.7 Å². The average molecular weight is 553 g/mol. The summed E-state index contributed by atoms with van der Waals surface area (Å²) in [6, 6.07) is 13.4. The number of rotatable bonds is 8. The van der Waals surface area contributed by atoms with Crippen LogP contribution in [0.3, 0.4) is 0 Å². The normalized spacial score (nSPS) is 13.5. The Morgan fingerprint density at radius 3 is 2.37 bits per heavy atom. The Balaban J connectivity index is 1.55. The standard InChI is InChI=1S/C30H26Cl2O6/c1-30(2)14-13-21-25(35-3)12-8-20(29(21)38-30)24(33)10-6-18-7-11-26(36-4)27(16-18)37-28(34)17-19-5-9-22(31)23(32)15-19/h5-16H,17H2,1-4H3/b10-6+. The fraction of sp³-hybridized carbons (Fsp3) is 0.200. The molecule has 1 aliphatic heterocycles. The van der Waals surface area contributed by atoms with Gasteiger partial charge in [-0.2, -0.15) is 0 Å². The van der Waals surface area contributed by atoms with Gasteiger partial charge in [-0.05, 0) is 79.6 Å². The van der Waals surface area contributed by atoms with E-state index in [1.165, 1.54) is 13.2 Å². The molecular formula is C30H26Cl2O6. The number of halogens is 2. The van der Waals surface area contributed by atoms with E-state index in [0.717, 1.165) is 0 Å². The van der Waals surface area contributed by atoms with Crippen molar-refractivity contribution in [3.63, 3.8) is 0 Å². The molecule has 0 amide bonds. The van der Waals surface area contributed by atoms with E-state index < -0.39 is 11.6 Å². The molecule has 0 bridgehead atoms. The molecule has 196 valence electrons. The van der Waals surface area contributed by atoms with Crippen molar-refractivity contribution in [2.45, 2.75) is 25.9 Å². The van der Waals surface area contributed by atoms with Gasteiger partial charge in [0, 0.05) is 0 Å². The maximum Gasteiger partial charge on any atom is 0.315 e. The van der Waals surface area contributed by atoms with E-state index in [2.05, 4.69) is 0 Å². The van der Waals surface area contributed by atoms with E-state index in [9.17, 15) is 9.59 Å². The zero-order valence-corrected chi connectivity index (χ0v) is 22.9. The van der Waals surface area contributed by atoms with Gasteiger partial charge in [-0.25, -0.2) is 0 Å². The first kappa shape index (κ1) is 27.3. The number of benzene rings is 3. The fourth-order valence-electron chi connectivity index (χ4n) is 3.92. The molecular weight excluding hydrogens is 527 g/mol. The summed E-state index contributed by atoms with van der Waals surface area (Å²) in [7, 11) is 3.05. The van der Waals surface area contributed by atoms with Gasteiger partial charge in [0.05, 0.1) is 41.8 Å². The molecule has 1 heterocycles. The van der Waals surface area contributed by atoms with Crippen LogP contribution in [0.5, 0.6) is 23.0 Å². The zero-order chi connectivity index (χ0) is 27.4. The molecule has 8 heteroatoms. The van der Waals surface area contributed by atoms with Gasteiger partial charge in [0.2, 0.25) is 0 Å². The molecule has 4 rings (SSSR count). The van der Waals surface area contributed by atoms with E-state index in [1.54, 1.807) is 61.7 Å². The van der Waals surface area contributed by atoms with Crippen LogP contribution < -0.4 is 18.9 Å². The molecule has 0 saturated carbocycles. The second-order valence-electron chi connectivity index (χ2n) is 9.10. The first-order valence-corrected chi connectivity index (χ1v) is 12.5. The van der Waals surface area contributed by atoms with Crippen molar-refractivity contribution in [1.82, 2.24) is 0 Å². The largest absolute Gasteiger partial charge is 0.496 e. The highest BCUT2D eigenvalue weighted by Crippen LogP contribution is 2.40. The van der Waals surface area contributed by atoms with E-state index in [-0.39, 0.29) is 18.0 Å². The quantitative estimate of drug-likeness (QED) is 0.127. The first-order valence-electron chi connectivity index (χ1n) is 11.7. The highest BCUT2D eigenvalue weighted by Gasteiger charge is 2.27. The predicted molar refractivity (Wildman–Crippen MR) is 149 cm³/mol. The monoisotopic (exact) mass is 552 g/mol. The summed E-state index contributed by atoms with van der Waals surface area (Å²) in [5, 5.41) is 0.760. The van der Waals surface area contributed by atoms with Crippen LogP contribution in [0.1, 0.15) is 40.9 Å². The Kier molecular flexibility index (Phi) is 8.14. The van der Waals surface area contributed by atoms with Crippen molar-refractivity contribution in [2.24, 2.45) is 0 Å². The number of methoxy groups -OCH3 is 2. The van der Waals surface area contributed by atoms with Crippen LogP contribution >= 0.6 is 23.2 Å². The number of hydrogen-bond donors (Lipinski definition) is 0.